The molecule has 1 heterocycles. The number of hydrogen-bond acceptors (Lipinski definition) is 4. The molecule has 1 aromatic heterocycles. The van der Waals surface area contributed by atoms with Crippen molar-refractivity contribution in [3.63, 3.8) is 0 Å². The number of aromatic nitrogens is 2. The van der Waals surface area contributed by atoms with E-state index < -0.39 is 0 Å². The Bertz CT molecular complexity index is 465. The molecule has 0 saturated heterocycles. The van der Waals surface area contributed by atoms with Crippen LogP contribution in [0.4, 0.5) is 0 Å². The maximum absolute atomic E-state index is 5.08. The fourth-order valence-corrected chi connectivity index (χ4v) is 3.03. The molecule has 1 fully saturated rings. The van der Waals surface area contributed by atoms with E-state index in [4.69, 9.17) is 4.52 Å². The van der Waals surface area contributed by atoms with Gasteiger partial charge in [0.25, 0.3) is 0 Å². The lowest BCUT2D eigenvalue weighted by molar-refractivity contribution is 0.322. The lowest BCUT2D eigenvalue weighted by Gasteiger charge is -2.24. The molecule has 1 unspecified atom stereocenters. The summed E-state index contributed by atoms with van der Waals surface area (Å²) in [6.07, 6.45) is 9.58. The summed E-state index contributed by atoms with van der Waals surface area (Å²) in [5.41, 5.74) is 0. The van der Waals surface area contributed by atoms with E-state index in [1.165, 1.54) is 44.9 Å². The third kappa shape index (κ3) is 5.66. The second-order valence-electron chi connectivity index (χ2n) is 6.29. The van der Waals surface area contributed by atoms with Gasteiger partial charge >= 0.3 is 0 Å². The van der Waals surface area contributed by atoms with Gasteiger partial charge in [0.15, 0.2) is 11.8 Å². The first-order chi connectivity index (χ1) is 10.7. The first kappa shape index (κ1) is 16.8. The topological polar surface area (TPSA) is 75.3 Å². The molecule has 0 bridgehead atoms. The molecule has 2 rings (SSSR count). The van der Waals surface area contributed by atoms with Crippen LogP contribution in [0.25, 0.3) is 0 Å². The zero-order valence-electron chi connectivity index (χ0n) is 14.1. The third-order valence-corrected chi connectivity index (χ3v) is 4.32. The van der Waals surface area contributed by atoms with Crippen LogP contribution >= 0.6 is 0 Å². The summed E-state index contributed by atoms with van der Waals surface area (Å²) in [5, 5.41) is 10.4. The van der Waals surface area contributed by atoms with Gasteiger partial charge in [0.1, 0.15) is 0 Å². The number of hydrogen-bond donors (Lipinski definition) is 2. The molecule has 0 radical (unpaired) electrons. The van der Waals surface area contributed by atoms with Crippen molar-refractivity contribution in [2.24, 2.45) is 10.9 Å². The fourth-order valence-electron chi connectivity index (χ4n) is 3.03. The van der Waals surface area contributed by atoms with Gasteiger partial charge in [0.05, 0.1) is 6.54 Å². The summed E-state index contributed by atoms with van der Waals surface area (Å²) in [7, 11) is 1.78. The van der Waals surface area contributed by atoms with Gasteiger partial charge in [-0.3, -0.25) is 4.99 Å². The molecule has 1 aliphatic carbocycles. The van der Waals surface area contributed by atoms with E-state index in [2.05, 4.69) is 32.7 Å². The Balaban J connectivity index is 1.67. The largest absolute Gasteiger partial charge is 0.354 e. The lowest BCUT2D eigenvalue weighted by atomic mass is 9.85. The highest BCUT2D eigenvalue weighted by Gasteiger charge is 2.15. The maximum Gasteiger partial charge on any atom is 0.246 e. The van der Waals surface area contributed by atoms with E-state index in [9.17, 15) is 0 Å². The van der Waals surface area contributed by atoms with Crippen LogP contribution in [0.15, 0.2) is 9.52 Å². The van der Waals surface area contributed by atoms with Crippen molar-refractivity contribution in [1.82, 2.24) is 20.8 Å². The van der Waals surface area contributed by atoms with Crippen LogP contribution in [-0.2, 0) is 6.54 Å². The van der Waals surface area contributed by atoms with Crippen molar-refractivity contribution in [2.45, 2.75) is 71.4 Å². The third-order valence-electron chi connectivity index (χ3n) is 4.32. The first-order valence-corrected chi connectivity index (χ1v) is 8.43. The van der Waals surface area contributed by atoms with Crippen LogP contribution in [0.5, 0.6) is 0 Å². The van der Waals surface area contributed by atoms with E-state index in [0.29, 0.717) is 24.3 Å². The van der Waals surface area contributed by atoms with E-state index in [1.54, 1.807) is 7.05 Å². The van der Waals surface area contributed by atoms with Gasteiger partial charge in [-0.05, 0) is 32.6 Å². The maximum atomic E-state index is 5.08. The summed E-state index contributed by atoms with van der Waals surface area (Å²) in [6.45, 7) is 4.52. The Morgan fingerprint density at radius 1 is 1.36 bits per heavy atom. The molecule has 1 aromatic rings. The monoisotopic (exact) mass is 307 g/mol. The van der Waals surface area contributed by atoms with Gasteiger partial charge in [-0.25, -0.2) is 0 Å². The Kier molecular flexibility index (Phi) is 6.68. The van der Waals surface area contributed by atoms with E-state index in [-0.39, 0.29) is 0 Å². The van der Waals surface area contributed by atoms with Gasteiger partial charge in [0.2, 0.25) is 5.89 Å². The number of aliphatic imine (C=N–C) groups is 1. The quantitative estimate of drug-likeness (QED) is 0.624. The van der Waals surface area contributed by atoms with Crippen LogP contribution < -0.4 is 10.6 Å². The average molecular weight is 307 g/mol. The molecule has 0 aliphatic heterocycles. The van der Waals surface area contributed by atoms with Gasteiger partial charge in [-0.2, -0.15) is 4.98 Å². The first-order valence-electron chi connectivity index (χ1n) is 8.43. The summed E-state index contributed by atoms with van der Waals surface area (Å²) in [6, 6.07) is 0.414. The second-order valence-corrected chi connectivity index (χ2v) is 6.29. The minimum atomic E-state index is 0.414. The minimum Gasteiger partial charge on any atom is -0.354 e. The molecule has 1 aliphatic rings. The molecule has 2 N–H and O–H groups in total. The summed E-state index contributed by atoms with van der Waals surface area (Å²) in [4.78, 5) is 8.42. The number of nitrogens with zero attached hydrogens (tertiary/aromatic N) is 3. The highest BCUT2D eigenvalue weighted by molar-refractivity contribution is 5.79. The van der Waals surface area contributed by atoms with Crippen LogP contribution in [-0.4, -0.2) is 29.2 Å². The second kappa shape index (κ2) is 8.76. The number of aryl methyl sites for hydroxylation is 1. The molecule has 124 valence electrons. The average Bonchev–Trinajstić information content (AvgIpc) is 2.96. The van der Waals surface area contributed by atoms with E-state index >= 15 is 0 Å². The fraction of sp³-hybridized carbons (Fsp3) is 0.812. The van der Waals surface area contributed by atoms with Crippen LogP contribution in [0, 0.1) is 12.8 Å². The van der Waals surface area contributed by atoms with Gasteiger partial charge in [-0.15, -0.1) is 0 Å². The SMILES string of the molecule is CN=C(NCc1nc(C)no1)NC(C)CCC1CCCCC1. The summed E-state index contributed by atoms with van der Waals surface area (Å²) < 4.78 is 5.08. The predicted molar refractivity (Wildman–Crippen MR) is 87.6 cm³/mol. The van der Waals surface area contributed by atoms with Crippen molar-refractivity contribution in [2.75, 3.05) is 7.05 Å². The van der Waals surface area contributed by atoms with Crippen molar-refractivity contribution in [3.8, 4) is 0 Å². The Labute approximate surface area is 133 Å². The van der Waals surface area contributed by atoms with E-state index in [1.807, 2.05) is 6.92 Å². The molecule has 6 nitrogen and oxygen atoms in total. The number of rotatable bonds is 6. The highest BCUT2D eigenvalue weighted by atomic mass is 16.5. The number of nitrogens with one attached hydrogen (secondary N) is 2. The van der Waals surface area contributed by atoms with Crippen LogP contribution in [0.3, 0.4) is 0 Å². The molecule has 0 spiro atoms. The smallest absolute Gasteiger partial charge is 0.246 e. The Hall–Kier alpha value is -1.59. The van der Waals surface area contributed by atoms with Crippen molar-refractivity contribution >= 4 is 5.96 Å². The zero-order chi connectivity index (χ0) is 15.8. The molecular weight excluding hydrogens is 278 g/mol. The molecule has 1 saturated carbocycles. The van der Waals surface area contributed by atoms with Crippen molar-refractivity contribution < 1.29 is 4.52 Å². The van der Waals surface area contributed by atoms with E-state index in [0.717, 1.165) is 11.9 Å². The highest BCUT2D eigenvalue weighted by Crippen LogP contribution is 2.27. The van der Waals surface area contributed by atoms with Crippen LogP contribution in [0.1, 0.15) is 63.6 Å². The molecule has 0 amide bonds. The predicted octanol–water partition coefficient (Wildman–Crippen LogP) is 2.79. The van der Waals surface area contributed by atoms with Crippen molar-refractivity contribution in [1.29, 1.82) is 0 Å². The summed E-state index contributed by atoms with van der Waals surface area (Å²) in [5.74, 6) is 2.94. The lowest BCUT2D eigenvalue weighted by Crippen LogP contribution is -2.42. The Morgan fingerprint density at radius 2 is 2.14 bits per heavy atom. The minimum absolute atomic E-state index is 0.414. The summed E-state index contributed by atoms with van der Waals surface area (Å²) >= 11 is 0. The van der Waals surface area contributed by atoms with Gasteiger partial charge in [-0.1, -0.05) is 37.3 Å². The molecular formula is C16H29N5O. The molecule has 22 heavy (non-hydrogen) atoms. The molecule has 6 heteroatoms. The van der Waals surface area contributed by atoms with Crippen molar-refractivity contribution in [3.05, 3.63) is 11.7 Å². The molecule has 0 aromatic carbocycles. The van der Waals surface area contributed by atoms with Crippen LogP contribution in [0.2, 0.25) is 0 Å². The molecule has 1 atom stereocenters. The Morgan fingerprint density at radius 3 is 2.77 bits per heavy atom. The standard InChI is InChI=1S/C16H29N5O/c1-12(9-10-14-7-5-4-6-8-14)19-16(17-3)18-11-15-20-13(2)21-22-15/h12,14H,4-11H2,1-3H3,(H2,17,18,19). The van der Waals surface area contributed by atoms with Gasteiger partial charge in [0, 0.05) is 13.1 Å². The number of guanidine groups is 1. The zero-order valence-corrected chi connectivity index (χ0v) is 14.1. The van der Waals surface area contributed by atoms with Gasteiger partial charge < -0.3 is 15.2 Å². The normalized spacial score (nSPS) is 18.2.